The van der Waals surface area contributed by atoms with E-state index in [0.29, 0.717) is 12.5 Å². The van der Waals surface area contributed by atoms with Crippen LogP contribution in [0.25, 0.3) is 0 Å². The summed E-state index contributed by atoms with van der Waals surface area (Å²) < 4.78 is 0. The van der Waals surface area contributed by atoms with Gasteiger partial charge in [0.05, 0.1) is 0 Å². The van der Waals surface area contributed by atoms with Gasteiger partial charge in [-0.15, -0.1) is 0 Å². The van der Waals surface area contributed by atoms with Gasteiger partial charge in [-0.3, -0.25) is 0 Å². The quantitative estimate of drug-likeness (QED) is 0.723. The minimum absolute atomic E-state index is 0.641. The van der Waals surface area contributed by atoms with E-state index in [4.69, 9.17) is 0 Å². The maximum absolute atomic E-state index is 4.66. The molecular weight excluding hydrogens is 296 g/mol. The lowest BCUT2D eigenvalue weighted by Crippen LogP contribution is -2.18. The van der Waals surface area contributed by atoms with E-state index in [1.807, 2.05) is 24.3 Å². The Morgan fingerprint density at radius 1 is 0.958 bits per heavy atom. The molecule has 1 N–H and O–H groups in total. The topological polar surface area (TPSA) is 41.1 Å². The van der Waals surface area contributed by atoms with Gasteiger partial charge in [-0.05, 0) is 37.6 Å². The number of nitrogens with one attached hydrogen (secondary N) is 1. The maximum atomic E-state index is 4.66. The van der Waals surface area contributed by atoms with Crippen molar-refractivity contribution in [2.45, 2.75) is 20.4 Å². The number of aromatic nitrogens is 2. The zero-order chi connectivity index (χ0) is 16.8. The van der Waals surface area contributed by atoms with Crippen LogP contribution in [-0.2, 0) is 6.54 Å². The summed E-state index contributed by atoms with van der Waals surface area (Å²) in [5, 5.41) is 3.30. The SMILES string of the molecule is CCN(c1ccccc1)c1ccnc(NCc2ccc(C)cc2)n1. The second-order valence-electron chi connectivity index (χ2n) is 5.66. The highest BCUT2D eigenvalue weighted by molar-refractivity contribution is 5.60. The fraction of sp³-hybridized carbons (Fsp3) is 0.200. The molecule has 2 aromatic carbocycles. The summed E-state index contributed by atoms with van der Waals surface area (Å²) in [7, 11) is 0. The lowest BCUT2D eigenvalue weighted by Gasteiger charge is -2.22. The molecule has 24 heavy (non-hydrogen) atoms. The average Bonchev–Trinajstić information content (AvgIpc) is 2.63. The van der Waals surface area contributed by atoms with Crippen molar-refractivity contribution in [3.05, 3.63) is 78.0 Å². The number of aryl methyl sites for hydroxylation is 1. The van der Waals surface area contributed by atoms with Gasteiger partial charge in [0.2, 0.25) is 5.95 Å². The largest absolute Gasteiger partial charge is 0.350 e. The van der Waals surface area contributed by atoms with Crippen molar-refractivity contribution in [2.75, 3.05) is 16.8 Å². The van der Waals surface area contributed by atoms with E-state index in [2.05, 4.69) is 70.4 Å². The van der Waals surface area contributed by atoms with Crippen LogP contribution in [0.15, 0.2) is 66.9 Å². The van der Waals surface area contributed by atoms with Gasteiger partial charge < -0.3 is 10.2 Å². The zero-order valence-electron chi connectivity index (χ0n) is 14.1. The molecule has 0 amide bonds. The van der Waals surface area contributed by atoms with Gasteiger partial charge in [0, 0.05) is 25.0 Å². The van der Waals surface area contributed by atoms with E-state index in [9.17, 15) is 0 Å². The zero-order valence-corrected chi connectivity index (χ0v) is 14.1. The predicted molar refractivity (Wildman–Crippen MR) is 99.7 cm³/mol. The fourth-order valence-corrected chi connectivity index (χ4v) is 2.56. The number of rotatable bonds is 6. The first kappa shape index (κ1) is 16.0. The lowest BCUT2D eigenvalue weighted by molar-refractivity contribution is 0.966. The van der Waals surface area contributed by atoms with Crippen LogP contribution in [0.5, 0.6) is 0 Å². The van der Waals surface area contributed by atoms with Crippen LogP contribution in [0, 0.1) is 6.92 Å². The molecule has 0 aliphatic rings. The van der Waals surface area contributed by atoms with Crippen LogP contribution in [0.1, 0.15) is 18.1 Å². The Kier molecular flexibility index (Phi) is 5.06. The van der Waals surface area contributed by atoms with Gasteiger partial charge in [0.15, 0.2) is 0 Å². The van der Waals surface area contributed by atoms with Gasteiger partial charge in [-0.1, -0.05) is 48.0 Å². The summed E-state index contributed by atoms with van der Waals surface area (Å²) in [6.07, 6.45) is 1.80. The second-order valence-corrected chi connectivity index (χ2v) is 5.66. The van der Waals surface area contributed by atoms with E-state index >= 15 is 0 Å². The Balaban J connectivity index is 1.74. The van der Waals surface area contributed by atoms with Crippen LogP contribution >= 0.6 is 0 Å². The highest BCUT2D eigenvalue weighted by atomic mass is 15.2. The van der Waals surface area contributed by atoms with Crippen molar-refractivity contribution >= 4 is 17.5 Å². The number of hydrogen-bond donors (Lipinski definition) is 1. The van der Waals surface area contributed by atoms with E-state index in [1.165, 1.54) is 11.1 Å². The van der Waals surface area contributed by atoms with E-state index < -0.39 is 0 Å². The smallest absolute Gasteiger partial charge is 0.224 e. The summed E-state index contributed by atoms with van der Waals surface area (Å²) in [5.41, 5.74) is 3.60. The number of nitrogens with zero attached hydrogens (tertiary/aromatic N) is 3. The van der Waals surface area contributed by atoms with E-state index in [1.54, 1.807) is 6.20 Å². The van der Waals surface area contributed by atoms with E-state index in [-0.39, 0.29) is 0 Å². The Morgan fingerprint density at radius 3 is 2.42 bits per heavy atom. The normalized spacial score (nSPS) is 10.4. The Bertz CT molecular complexity index is 769. The fourth-order valence-electron chi connectivity index (χ4n) is 2.56. The number of anilines is 3. The third-order valence-electron chi connectivity index (χ3n) is 3.87. The monoisotopic (exact) mass is 318 g/mol. The molecule has 0 aliphatic heterocycles. The average molecular weight is 318 g/mol. The van der Waals surface area contributed by atoms with Crippen molar-refractivity contribution in [1.82, 2.24) is 9.97 Å². The molecule has 0 radical (unpaired) electrons. The molecule has 0 aliphatic carbocycles. The van der Waals surface area contributed by atoms with Gasteiger partial charge in [0.25, 0.3) is 0 Å². The van der Waals surface area contributed by atoms with Crippen molar-refractivity contribution in [1.29, 1.82) is 0 Å². The van der Waals surface area contributed by atoms with Crippen LogP contribution in [0.4, 0.5) is 17.5 Å². The summed E-state index contributed by atoms with van der Waals surface area (Å²) >= 11 is 0. The molecule has 0 bridgehead atoms. The van der Waals surface area contributed by atoms with Crippen LogP contribution in [0.3, 0.4) is 0 Å². The van der Waals surface area contributed by atoms with Crippen LogP contribution in [-0.4, -0.2) is 16.5 Å². The van der Waals surface area contributed by atoms with Crippen molar-refractivity contribution in [3.8, 4) is 0 Å². The van der Waals surface area contributed by atoms with Crippen LogP contribution < -0.4 is 10.2 Å². The molecule has 122 valence electrons. The molecule has 4 heteroatoms. The predicted octanol–water partition coefficient (Wildman–Crippen LogP) is 4.56. The molecule has 0 atom stereocenters. The molecule has 1 aromatic heterocycles. The molecule has 0 saturated heterocycles. The van der Waals surface area contributed by atoms with Gasteiger partial charge in [-0.2, -0.15) is 4.98 Å². The molecule has 0 saturated carbocycles. The first-order chi connectivity index (χ1) is 11.8. The summed E-state index contributed by atoms with van der Waals surface area (Å²) in [6.45, 7) is 5.76. The molecule has 0 unspecified atom stereocenters. The summed E-state index contributed by atoms with van der Waals surface area (Å²) in [5.74, 6) is 1.53. The van der Waals surface area contributed by atoms with Crippen LogP contribution in [0.2, 0.25) is 0 Å². The van der Waals surface area contributed by atoms with Crippen molar-refractivity contribution < 1.29 is 0 Å². The number of para-hydroxylation sites is 1. The van der Waals surface area contributed by atoms with Gasteiger partial charge in [0.1, 0.15) is 5.82 Å². The standard InChI is InChI=1S/C20H22N4/c1-3-24(18-7-5-4-6-8-18)19-13-14-21-20(23-19)22-15-17-11-9-16(2)10-12-17/h4-14H,3,15H2,1-2H3,(H,21,22,23). The van der Waals surface area contributed by atoms with Crippen molar-refractivity contribution in [3.63, 3.8) is 0 Å². The number of hydrogen-bond acceptors (Lipinski definition) is 4. The minimum atomic E-state index is 0.641. The maximum Gasteiger partial charge on any atom is 0.224 e. The molecule has 0 fully saturated rings. The van der Waals surface area contributed by atoms with Gasteiger partial charge in [-0.25, -0.2) is 4.98 Å². The highest BCUT2D eigenvalue weighted by Gasteiger charge is 2.09. The Morgan fingerprint density at radius 2 is 1.71 bits per heavy atom. The molecule has 4 nitrogen and oxygen atoms in total. The summed E-state index contributed by atoms with van der Waals surface area (Å²) in [6, 6.07) is 20.7. The summed E-state index contributed by atoms with van der Waals surface area (Å²) in [4.78, 5) is 11.2. The highest BCUT2D eigenvalue weighted by Crippen LogP contribution is 2.23. The van der Waals surface area contributed by atoms with E-state index in [0.717, 1.165) is 18.1 Å². The Labute approximate surface area is 143 Å². The third kappa shape index (κ3) is 3.90. The second kappa shape index (κ2) is 7.59. The molecule has 3 aromatic rings. The number of benzene rings is 2. The van der Waals surface area contributed by atoms with Gasteiger partial charge >= 0.3 is 0 Å². The molecule has 1 heterocycles. The Hall–Kier alpha value is -2.88. The van der Waals surface area contributed by atoms with Crippen molar-refractivity contribution in [2.24, 2.45) is 0 Å². The minimum Gasteiger partial charge on any atom is -0.350 e. The first-order valence-electron chi connectivity index (χ1n) is 8.21. The first-order valence-corrected chi connectivity index (χ1v) is 8.21. The third-order valence-corrected chi connectivity index (χ3v) is 3.87. The lowest BCUT2D eigenvalue weighted by atomic mass is 10.1. The molecule has 0 spiro atoms. The molecule has 3 rings (SSSR count). The molecular formula is C20H22N4.